The number of hydrogen-bond acceptors (Lipinski definition) is 12. The number of rotatable bonds is 24. The molecule has 0 saturated heterocycles. The molecule has 5 aromatic carbocycles. The molecule has 0 atom stereocenters. The van der Waals surface area contributed by atoms with Crippen molar-refractivity contribution in [2.75, 3.05) is 33.0 Å². The van der Waals surface area contributed by atoms with Gasteiger partial charge in [0.1, 0.15) is 28.6 Å². The average molecular weight is 931 g/mol. The number of unbranched alkanes of at least 4 members (excludes halogenated alkanes) is 6. The fourth-order valence-corrected chi connectivity index (χ4v) is 6.25. The Morgan fingerprint density at radius 1 is 0.435 bits per heavy atom. The highest BCUT2D eigenvalue weighted by atomic mass is 16.6. The third-order valence-electron chi connectivity index (χ3n) is 9.95. The van der Waals surface area contributed by atoms with E-state index >= 15 is 0 Å². The highest BCUT2D eigenvalue weighted by molar-refractivity contribution is 5.97. The Balaban J connectivity index is 1.08. The van der Waals surface area contributed by atoms with Gasteiger partial charge in [0.25, 0.3) is 0 Å². The topological polar surface area (TPSA) is 150 Å². The minimum atomic E-state index is -0.764. The fraction of sp³-hybridized carbons (Fsp3) is 0.246. The zero-order valence-corrected chi connectivity index (χ0v) is 38.6. The maximum absolute atomic E-state index is 13.2. The van der Waals surface area contributed by atoms with E-state index in [0.29, 0.717) is 37.6 Å². The van der Waals surface area contributed by atoms with Crippen molar-refractivity contribution in [3.8, 4) is 46.7 Å². The maximum Gasteiger partial charge on any atom is 0.343 e. The zero-order chi connectivity index (χ0) is 49.1. The van der Waals surface area contributed by atoms with Crippen LogP contribution in [0.3, 0.4) is 0 Å². The van der Waals surface area contributed by atoms with E-state index in [1.165, 1.54) is 18.2 Å². The van der Waals surface area contributed by atoms with Crippen LogP contribution in [0.5, 0.6) is 23.0 Å². The SMILES string of the molecule is C=CC(=O)OCCCCCCOc1ccc(C#Cc2ccc(C(=O)Oc3ccc(OC(=O)c4ccc(C#Cc5ccc(OCCCCCCOC(=O)C=C)cc5)cc4)c(C(=O)OCC)c3)cc2)cc1. The summed E-state index contributed by atoms with van der Waals surface area (Å²) in [4.78, 5) is 61.5. The number of carbonyl (C=O) groups excluding carboxylic acids is 5. The van der Waals surface area contributed by atoms with Gasteiger partial charge in [-0.2, -0.15) is 0 Å². The summed E-state index contributed by atoms with van der Waals surface area (Å²) in [6.45, 7) is 10.4. The Morgan fingerprint density at radius 2 is 0.812 bits per heavy atom. The Labute approximate surface area is 403 Å². The van der Waals surface area contributed by atoms with Crippen LogP contribution >= 0.6 is 0 Å². The maximum atomic E-state index is 13.2. The van der Waals surface area contributed by atoms with Crippen molar-refractivity contribution in [1.29, 1.82) is 0 Å². The van der Waals surface area contributed by atoms with Crippen molar-refractivity contribution in [2.45, 2.75) is 58.3 Å². The summed E-state index contributed by atoms with van der Waals surface area (Å²) in [5.41, 5.74) is 3.31. The molecule has 0 unspecified atom stereocenters. The molecule has 5 aromatic rings. The molecule has 354 valence electrons. The molecule has 0 aromatic heterocycles. The molecule has 12 nitrogen and oxygen atoms in total. The molecule has 0 aliphatic carbocycles. The lowest BCUT2D eigenvalue weighted by atomic mass is 10.1. The fourth-order valence-electron chi connectivity index (χ4n) is 6.25. The summed E-state index contributed by atoms with van der Waals surface area (Å²) in [7, 11) is 0. The van der Waals surface area contributed by atoms with E-state index in [1.807, 2.05) is 48.5 Å². The Morgan fingerprint density at radius 3 is 1.22 bits per heavy atom. The molecule has 69 heavy (non-hydrogen) atoms. The monoisotopic (exact) mass is 930 g/mol. The van der Waals surface area contributed by atoms with Gasteiger partial charge in [-0.15, -0.1) is 0 Å². The lowest BCUT2D eigenvalue weighted by Gasteiger charge is -2.12. The quantitative estimate of drug-likeness (QED) is 0.0145. The second-order valence-electron chi connectivity index (χ2n) is 15.1. The van der Waals surface area contributed by atoms with Crippen molar-refractivity contribution in [2.24, 2.45) is 0 Å². The van der Waals surface area contributed by atoms with Crippen LogP contribution in [-0.4, -0.2) is 62.9 Å². The second kappa shape index (κ2) is 28.6. The molecular weight excluding hydrogens is 877 g/mol. The van der Waals surface area contributed by atoms with Gasteiger partial charge >= 0.3 is 29.8 Å². The number of hydrogen-bond donors (Lipinski definition) is 0. The Bertz CT molecular complexity index is 2640. The van der Waals surface area contributed by atoms with Gasteiger partial charge in [0, 0.05) is 34.4 Å². The predicted octanol–water partition coefficient (Wildman–Crippen LogP) is 10.4. The van der Waals surface area contributed by atoms with Crippen LogP contribution < -0.4 is 18.9 Å². The van der Waals surface area contributed by atoms with Crippen LogP contribution in [0, 0.1) is 23.7 Å². The molecular formula is C57H54O12. The first-order chi connectivity index (χ1) is 33.6. The van der Waals surface area contributed by atoms with Gasteiger partial charge in [0.15, 0.2) is 0 Å². The first-order valence-electron chi connectivity index (χ1n) is 22.7. The van der Waals surface area contributed by atoms with Crippen molar-refractivity contribution in [1.82, 2.24) is 0 Å². The Hall–Kier alpha value is -8.35. The molecule has 0 N–H and O–H groups in total. The highest BCUT2D eigenvalue weighted by Crippen LogP contribution is 2.27. The largest absolute Gasteiger partial charge is 0.494 e. The third kappa shape index (κ3) is 18.5. The predicted molar refractivity (Wildman–Crippen MR) is 260 cm³/mol. The second-order valence-corrected chi connectivity index (χ2v) is 15.1. The highest BCUT2D eigenvalue weighted by Gasteiger charge is 2.20. The number of benzene rings is 5. The lowest BCUT2D eigenvalue weighted by molar-refractivity contribution is -0.138. The summed E-state index contributed by atoms with van der Waals surface area (Å²) in [5.74, 6) is 10.9. The van der Waals surface area contributed by atoms with Gasteiger partial charge in [-0.05, 0) is 174 Å². The van der Waals surface area contributed by atoms with Crippen LogP contribution in [0.1, 0.15) is 112 Å². The minimum Gasteiger partial charge on any atom is -0.494 e. The van der Waals surface area contributed by atoms with E-state index in [9.17, 15) is 24.0 Å². The van der Waals surface area contributed by atoms with Crippen LogP contribution in [0.4, 0.5) is 0 Å². The van der Waals surface area contributed by atoms with Crippen molar-refractivity contribution >= 4 is 29.8 Å². The van der Waals surface area contributed by atoms with Crippen LogP contribution in [-0.2, 0) is 23.8 Å². The first kappa shape index (κ1) is 51.6. The Kier molecular flexibility index (Phi) is 21.4. The minimum absolute atomic E-state index is 0.0435. The molecule has 0 bridgehead atoms. The van der Waals surface area contributed by atoms with E-state index < -0.39 is 29.8 Å². The van der Waals surface area contributed by atoms with E-state index in [-0.39, 0.29) is 34.8 Å². The number of esters is 5. The summed E-state index contributed by atoms with van der Waals surface area (Å²) in [6.07, 6.45) is 9.48. The standard InChI is InChI=1S/C57H54O12/c1-4-53(58)66-39-13-9-7-11-37-64-48-31-23-44(24-32-48)17-15-42-19-27-46(28-20-42)55(60)68-50-35-36-52(51(41-50)57(62)63-6-3)69-56(61)47-29-21-43(22-30-47)16-18-45-25-33-49(34-26-45)65-38-12-8-10-14-40-67-54(59)5-2/h4-5,19-36,41H,1-2,6-14,37-40H2,3H3. The van der Waals surface area contributed by atoms with Gasteiger partial charge < -0.3 is 33.2 Å². The molecule has 12 heteroatoms. The molecule has 0 aliphatic heterocycles. The van der Waals surface area contributed by atoms with Gasteiger partial charge in [0.05, 0.1) is 44.2 Å². The summed E-state index contributed by atoms with van der Waals surface area (Å²) in [6, 6.07) is 32.1. The smallest absolute Gasteiger partial charge is 0.343 e. The number of ether oxygens (including phenoxy) is 7. The van der Waals surface area contributed by atoms with E-state index in [4.69, 9.17) is 33.2 Å². The van der Waals surface area contributed by atoms with Crippen LogP contribution in [0.25, 0.3) is 0 Å². The van der Waals surface area contributed by atoms with Gasteiger partial charge in [-0.25, -0.2) is 24.0 Å². The molecule has 0 amide bonds. The first-order valence-corrected chi connectivity index (χ1v) is 22.7. The summed E-state index contributed by atoms with van der Waals surface area (Å²) < 4.78 is 38.0. The molecule has 0 heterocycles. The third-order valence-corrected chi connectivity index (χ3v) is 9.95. The van der Waals surface area contributed by atoms with Crippen LogP contribution in [0.2, 0.25) is 0 Å². The van der Waals surface area contributed by atoms with Crippen molar-refractivity contribution < 1.29 is 57.1 Å². The molecule has 0 saturated carbocycles. The molecule has 5 rings (SSSR count). The lowest BCUT2D eigenvalue weighted by Crippen LogP contribution is -2.14. The average Bonchev–Trinajstić information content (AvgIpc) is 3.37. The zero-order valence-electron chi connectivity index (χ0n) is 38.6. The molecule has 0 spiro atoms. The molecule has 0 fully saturated rings. The summed E-state index contributed by atoms with van der Waals surface area (Å²) in [5, 5.41) is 0. The van der Waals surface area contributed by atoms with Gasteiger partial charge in [-0.3, -0.25) is 0 Å². The molecule has 0 aliphatic rings. The number of carbonyl (C=O) groups is 5. The van der Waals surface area contributed by atoms with E-state index in [1.54, 1.807) is 55.5 Å². The normalized spacial score (nSPS) is 10.2. The summed E-state index contributed by atoms with van der Waals surface area (Å²) >= 11 is 0. The van der Waals surface area contributed by atoms with E-state index in [2.05, 4.69) is 36.8 Å². The van der Waals surface area contributed by atoms with Crippen LogP contribution in [0.15, 0.2) is 141 Å². The molecule has 0 radical (unpaired) electrons. The van der Waals surface area contributed by atoms with Gasteiger partial charge in [-0.1, -0.05) is 36.8 Å². The van der Waals surface area contributed by atoms with Crippen molar-refractivity contribution in [3.63, 3.8) is 0 Å². The van der Waals surface area contributed by atoms with Crippen molar-refractivity contribution in [3.05, 3.63) is 180 Å². The van der Waals surface area contributed by atoms with Gasteiger partial charge in [0.2, 0.25) is 0 Å². The van der Waals surface area contributed by atoms with E-state index in [0.717, 1.165) is 86.1 Å².